The number of aromatic nitrogens is 2. The van der Waals surface area contributed by atoms with Gasteiger partial charge in [0, 0.05) is 24.8 Å². The van der Waals surface area contributed by atoms with Gasteiger partial charge < -0.3 is 10.6 Å². The lowest BCUT2D eigenvalue weighted by atomic mass is 9.90. The minimum absolute atomic E-state index is 0. The Morgan fingerprint density at radius 2 is 1.83 bits per heavy atom. The lowest BCUT2D eigenvalue weighted by Crippen LogP contribution is -2.34. The van der Waals surface area contributed by atoms with Crippen LogP contribution < -0.4 is 5.73 Å². The Kier molecular flexibility index (Phi) is 6.29. The summed E-state index contributed by atoms with van der Waals surface area (Å²) in [6.07, 6.45) is 2.63. The highest BCUT2D eigenvalue weighted by Gasteiger charge is 2.36. The van der Waals surface area contributed by atoms with Gasteiger partial charge in [-0.15, -0.1) is 12.4 Å². The second kappa shape index (κ2) is 8.58. The number of nitrogens with zero attached hydrogens (tertiary/aromatic N) is 3. The van der Waals surface area contributed by atoms with Gasteiger partial charge in [0.2, 0.25) is 0 Å². The van der Waals surface area contributed by atoms with Gasteiger partial charge in [-0.2, -0.15) is 5.10 Å². The van der Waals surface area contributed by atoms with Crippen molar-refractivity contribution in [1.82, 2.24) is 14.7 Å². The van der Waals surface area contributed by atoms with Gasteiger partial charge in [-0.05, 0) is 49.6 Å². The van der Waals surface area contributed by atoms with Crippen LogP contribution in [0.1, 0.15) is 29.3 Å². The third-order valence-corrected chi connectivity index (χ3v) is 5.70. The van der Waals surface area contributed by atoms with Crippen molar-refractivity contribution < 1.29 is 9.18 Å². The summed E-state index contributed by atoms with van der Waals surface area (Å²) in [4.78, 5) is 15.2. The molecule has 7 heteroatoms. The predicted octanol–water partition coefficient (Wildman–Crippen LogP) is 4.22. The third-order valence-electron chi connectivity index (χ3n) is 5.70. The third kappa shape index (κ3) is 4.25. The molecule has 3 aromatic rings. The van der Waals surface area contributed by atoms with Crippen molar-refractivity contribution in [2.45, 2.75) is 20.3 Å². The second-order valence-corrected chi connectivity index (χ2v) is 8.17. The van der Waals surface area contributed by atoms with E-state index in [2.05, 4.69) is 12.0 Å². The maximum atomic E-state index is 13.4. The molecule has 1 saturated heterocycles. The highest BCUT2D eigenvalue weighted by atomic mass is 35.5. The highest BCUT2D eigenvalue weighted by molar-refractivity contribution is 6.00. The number of carbonyl (C=O) groups is 1. The summed E-state index contributed by atoms with van der Waals surface area (Å²) in [5.74, 6) is -0.361. The molecule has 5 nitrogen and oxygen atoms in total. The van der Waals surface area contributed by atoms with Crippen LogP contribution in [0.4, 0.5) is 4.39 Å². The number of likely N-dealkylation sites (tertiary alicyclic amines) is 1. The normalized spacial score (nSPS) is 18.3. The van der Waals surface area contributed by atoms with Crippen molar-refractivity contribution in [3.8, 4) is 16.9 Å². The first-order valence-electron chi connectivity index (χ1n) is 9.80. The van der Waals surface area contributed by atoms with Crippen LogP contribution in [-0.4, -0.2) is 40.2 Å². The highest BCUT2D eigenvalue weighted by Crippen LogP contribution is 2.32. The summed E-state index contributed by atoms with van der Waals surface area (Å²) in [6.45, 7) is 6.00. The molecule has 4 rings (SSSR count). The number of halogens is 2. The topological polar surface area (TPSA) is 64.2 Å². The van der Waals surface area contributed by atoms with Crippen LogP contribution in [0.3, 0.4) is 0 Å². The van der Waals surface area contributed by atoms with Crippen LogP contribution in [0.2, 0.25) is 0 Å². The van der Waals surface area contributed by atoms with Gasteiger partial charge >= 0.3 is 0 Å². The summed E-state index contributed by atoms with van der Waals surface area (Å²) in [6, 6.07) is 14.0. The van der Waals surface area contributed by atoms with Crippen LogP contribution >= 0.6 is 12.4 Å². The maximum absolute atomic E-state index is 13.4. The first-order chi connectivity index (χ1) is 13.9. The van der Waals surface area contributed by atoms with Crippen molar-refractivity contribution in [3.63, 3.8) is 0 Å². The average molecular weight is 429 g/mol. The Hall–Kier alpha value is -2.70. The van der Waals surface area contributed by atoms with Gasteiger partial charge in [0.05, 0.1) is 11.3 Å². The van der Waals surface area contributed by atoms with Crippen LogP contribution in [0.15, 0.2) is 54.7 Å². The molecule has 30 heavy (non-hydrogen) atoms. The van der Waals surface area contributed by atoms with E-state index in [0.717, 1.165) is 17.5 Å². The van der Waals surface area contributed by atoms with E-state index < -0.39 is 0 Å². The van der Waals surface area contributed by atoms with E-state index in [0.29, 0.717) is 36.6 Å². The van der Waals surface area contributed by atoms with E-state index in [1.807, 2.05) is 36.1 Å². The van der Waals surface area contributed by atoms with E-state index in [-0.39, 0.29) is 29.5 Å². The van der Waals surface area contributed by atoms with E-state index in [1.54, 1.807) is 23.0 Å². The number of nitrogens with two attached hydrogens (primary N) is 1. The van der Waals surface area contributed by atoms with Gasteiger partial charge in [-0.3, -0.25) is 4.79 Å². The number of carbonyl (C=O) groups excluding carboxylic acids is 1. The molecule has 0 spiro atoms. The van der Waals surface area contributed by atoms with Gasteiger partial charge in [0.25, 0.3) is 5.91 Å². The first-order valence-corrected chi connectivity index (χ1v) is 9.80. The van der Waals surface area contributed by atoms with E-state index in [9.17, 15) is 9.18 Å². The number of hydrogen-bond acceptors (Lipinski definition) is 3. The van der Waals surface area contributed by atoms with E-state index in [1.165, 1.54) is 12.1 Å². The number of amides is 1. The second-order valence-electron chi connectivity index (χ2n) is 8.17. The van der Waals surface area contributed by atoms with Gasteiger partial charge in [0.15, 0.2) is 0 Å². The van der Waals surface area contributed by atoms with E-state index >= 15 is 0 Å². The molecule has 1 aromatic heterocycles. The number of aryl methyl sites for hydroxylation is 1. The fourth-order valence-corrected chi connectivity index (χ4v) is 3.72. The molecular weight excluding hydrogens is 403 g/mol. The summed E-state index contributed by atoms with van der Waals surface area (Å²) in [7, 11) is 0. The zero-order valence-electron chi connectivity index (χ0n) is 17.1. The monoisotopic (exact) mass is 428 g/mol. The smallest absolute Gasteiger partial charge is 0.257 e. The summed E-state index contributed by atoms with van der Waals surface area (Å²) in [5, 5.41) is 4.68. The Labute approximate surface area is 182 Å². The molecule has 2 heterocycles. The van der Waals surface area contributed by atoms with Crippen molar-refractivity contribution in [3.05, 3.63) is 71.7 Å². The van der Waals surface area contributed by atoms with Gasteiger partial charge in [-0.1, -0.05) is 36.8 Å². The largest absolute Gasteiger partial charge is 0.338 e. The molecule has 0 radical (unpaired) electrons. The van der Waals surface area contributed by atoms with E-state index in [4.69, 9.17) is 5.73 Å². The molecule has 1 unspecified atom stereocenters. The SMILES string of the molecule is Cc1ccc(-c2nn(-c3ccc(F)cc3)cc2C(=O)N2CCC(C)(CN)C2)cc1.Cl. The summed E-state index contributed by atoms with van der Waals surface area (Å²) < 4.78 is 15.0. The van der Waals surface area contributed by atoms with Crippen molar-refractivity contribution in [1.29, 1.82) is 0 Å². The summed E-state index contributed by atoms with van der Waals surface area (Å²) >= 11 is 0. The van der Waals surface area contributed by atoms with Crippen LogP contribution in [-0.2, 0) is 0 Å². The molecule has 0 saturated carbocycles. The molecule has 0 aliphatic carbocycles. The fourth-order valence-electron chi connectivity index (χ4n) is 3.72. The van der Waals surface area contributed by atoms with Crippen LogP contribution in [0, 0.1) is 18.2 Å². The zero-order valence-corrected chi connectivity index (χ0v) is 18.0. The lowest BCUT2D eigenvalue weighted by Gasteiger charge is -2.22. The molecule has 2 aromatic carbocycles. The number of hydrogen-bond donors (Lipinski definition) is 1. The summed E-state index contributed by atoms with van der Waals surface area (Å²) in [5.41, 5.74) is 9.74. The molecular formula is C23H26ClFN4O. The number of benzene rings is 2. The molecule has 1 fully saturated rings. The fraction of sp³-hybridized carbons (Fsp3) is 0.304. The van der Waals surface area contributed by atoms with Crippen LogP contribution in [0.25, 0.3) is 16.9 Å². The Morgan fingerprint density at radius 1 is 1.17 bits per heavy atom. The quantitative estimate of drug-likeness (QED) is 0.676. The molecule has 1 atom stereocenters. The lowest BCUT2D eigenvalue weighted by molar-refractivity contribution is 0.0777. The molecule has 1 aliphatic heterocycles. The zero-order chi connectivity index (χ0) is 20.6. The predicted molar refractivity (Wildman–Crippen MR) is 119 cm³/mol. The average Bonchev–Trinajstić information content (AvgIpc) is 3.34. The van der Waals surface area contributed by atoms with Crippen LogP contribution in [0.5, 0.6) is 0 Å². The van der Waals surface area contributed by atoms with Crippen molar-refractivity contribution in [2.75, 3.05) is 19.6 Å². The first kappa shape index (κ1) is 22.0. The Bertz CT molecular complexity index is 1030. The van der Waals surface area contributed by atoms with Gasteiger partial charge in [0.1, 0.15) is 11.5 Å². The number of rotatable bonds is 4. The maximum Gasteiger partial charge on any atom is 0.257 e. The Balaban J connectivity index is 0.00000256. The minimum atomic E-state index is -0.311. The van der Waals surface area contributed by atoms with Crippen molar-refractivity contribution in [2.24, 2.45) is 11.1 Å². The van der Waals surface area contributed by atoms with Crippen molar-refractivity contribution >= 4 is 18.3 Å². The minimum Gasteiger partial charge on any atom is -0.338 e. The molecule has 0 bridgehead atoms. The molecule has 158 valence electrons. The van der Waals surface area contributed by atoms with Gasteiger partial charge in [-0.25, -0.2) is 9.07 Å². The molecule has 1 amide bonds. The molecule has 1 aliphatic rings. The standard InChI is InChI=1S/C23H25FN4O.ClH/c1-16-3-5-17(6-4-16)21-20(22(29)27-12-11-23(2,14-25)15-27)13-28(26-21)19-9-7-18(24)8-10-19;/h3-10,13H,11-12,14-15,25H2,1-2H3;1H. The Morgan fingerprint density at radius 3 is 2.43 bits per heavy atom. The molecule has 2 N–H and O–H groups in total.